The summed E-state index contributed by atoms with van der Waals surface area (Å²) in [6.45, 7) is 0.279. The molecule has 0 unspecified atom stereocenters. The van der Waals surface area contributed by atoms with Crippen molar-refractivity contribution >= 4 is 23.7 Å². The van der Waals surface area contributed by atoms with Crippen LogP contribution in [0.4, 0.5) is 4.39 Å². The molecule has 5 nitrogen and oxygen atoms in total. The van der Waals surface area contributed by atoms with Gasteiger partial charge in [0.15, 0.2) is 11.5 Å². The Morgan fingerprint density at radius 1 is 1.07 bits per heavy atom. The Labute approximate surface area is 172 Å². The maximum absolute atomic E-state index is 13.0. The van der Waals surface area contributed by atoms with Crippen molar-refractivity contribution in [3.05, 3.63) is 94.3 Å². The first kappa shape index (κ1) is 20.4. The summed E-state index contributed by atoms with van der Waals surface area (Å²) in [5.74, 6) is 0.418. The normalized spacial score (nSPS) is 10.7. The van der Waals surface area contributed by atoms with Crippen molar-refractivity contribution in [2.75, 3.05) is 7.11 Å². The van der Waals surface area contributed by atoms with Crippen molar-refractivity contribution in [3.63, 3.8) is 0 Å². The number of nitrogens with zero attached hydrogens (tertiary/aromatic N) is 1. The number of ether oxygens (including phenoxy) is 2. The van der Waals surface area contributed by atoms with E-state index < -0.39 is 0 Å². The van der Waals surface area contributed by atoms with Crippen molar-refractivity contribution in [2.24, 2.45) is 5.10 Å². The van der Waals surface area contributed by atoms with Crippen LogP contribution in [0, 0.1) is 5.82 Å². The fourth-order valence-corrected chi connectivity index (χ4v) is 2.58. The lowest BCUT2D eigenvalue weighted by Gasteiger charge is -2.11. The van der Waals surface area contributed by atoms with E-state index in [9.17, 15) is 9.18 Å². The van der Waals surface area contributed by atoms with E-state index in [1.807, 2.05) is 0 Å². The molecule has 0 atom stereocenters. The van der Waals surface area contributed by atoms with E-state index in [2.05, 4.69) is 10.5 Å². The summed E-state index contributed by atoms with van der Waals surface area (Å²) < 4.78 is 24.1. The Bertz CT molecular complexity index is 1010. The Morgan fingerprint density at radius 3 is 2.48 bits per heavy atom. The predicted molar refractivity (Wildman–Crippen MR) is 110 cm³/mol. The quantitative estimate of drug-likeness (QED) is 0.446. The Hall–Kier alpha value is -3.38. The number of amides is 1. The molecule has 0 fully saturated rings. The molecule has 1 amide bonds. The summed E-state index contributed by atoms with van der Waals surface area (Å²) >= 11 is 5.81. The number of nitrogens with one attached hydrogen (secondary N) is 1. The van der Waals surface area contributed by atoms with Gasteiger partial charge in [0.05, 0.1) is 13.3 Å². The molecular weight excluding hydrogens is 395 g/mol. The number of halogens is 2. The fourth-order valence-electron chi connectivity index (χ4n) is 2.46. The van der Waals surface area contributed by atoms with Gasteiger partial charge in [0, 0.05) is 10.6 Å². The lowest BCUT2D eigenvalue weighted by molar-refractivity contribution is 0.0955. The number of hydrazone groups is 1. The second-order valence-corrected chi connectivity index (χ2v) is 6.47. The molecule has 1 N–H and O–H groups in total. The van der Waals surface area contributed by atoms with Gasteiger partial charge in [0.2, 0.25) is 0 Å². The first-order chi connectivity index (χ1) is 14.0. The van der Waals surface area contributed by atoms with E-state index in [0.717, 1.165) is 5.56 Å². The summed E-state index contributed by atoms with van der Waals surface area (Å²) in [6, 6.07) is 17.8. The Kier molecular flexibility index (Phi) is 6.81. The van der Waals surface area contributed by atoms with E-state index in [-0.39, 0.29) is 18.3 Å². The molecule has 3 aromatic carbocycles. The van der Waals surface area contributed by atoms with Crippen LogP contribution in [0.1, 0.15) is 21.5 Å². The number of carbonyl (C=O) groups is 1. The van der Waals surface area contributed by atoms with Gasteiger partial charge in [-0.05, 0) is 65.7 Å². The zero-order chi connectivity index (χ0) is 20.6. The Balaban J connectivity index is 1.61. The first-order valence-corrected chi connectivity index (χ1v) is 9.07. The summed E-state index contributed by atoms with van der Waals surface area (Å²) in [4.78, 5) is 12.0. The SMILES string of the molecule is COc1cc(/C=N\NC(=O)c2ccc(Cl)cc2)ccc1OCc1ccc(F)cc1. The van der Waals surface area contributed by atoms with Crippen LogP contribution in [-0.2, 0) is 6.61 Å². The molecule has 0 aliphatic rings. The molecule has 148 valence electrons. The van der Waals surface area contributed by atoms with Crippen LogP contribution in [0.2, 0.25) is 5.02 Å². The molecule has 29 heavy (non-hydrogen) atoms. The lowest BCUT2D eigenvalue weighted by Crippen LogP contribution is -2.17. The van der Waals surface area contributed by atoms with Crippen LogP contribution >= 0.6 is 11.6 Å². The number of hydrogen-bond donors (Lipinski definition) is 1. The number of carbonyl (C=O) groups excluding carboxylic acids is 1. The molecule has 0 spiro atoms. The van der Waals surface area contributed by atoms with Gasteiger partial charge in [0.25, 0.3) is 5.91 Å². The van der Waals surface area contributed by atoms with Gasteiger partial charge >= 0.3 is 0 Å². The molecular formula is C22H18ClFN2O3. The minimum absolute atomic E-state index is 0.279. The van der Waals surface area contributed by atoms with Gasteiger partial charge in [0.1, 0.15) is 12.4 Å². The first-order valence-electron chi connectivity index (χ1n) is 8.69. The summed E-state index contributed by atoms with van der Waals surface area (Å²) in [5.41, 5.74) is 4.46. The Morgan fingerprint density at radius 2 is 1.79 bits per heavy atom. The molecule has 0 saturated carbocycles. The van der Waals surface area contributed by atoms with Crippen LogP contribution in [0.15, 0.2) is 71.8 Å². The van der Waals surface area contributed by atoms with Gasteiger partial charge in [-0.1, -0.05) is 23.7 Å². The maximum Gasteiger partial charge on any atom is 0.271 e. The second kappa shape index (κ2) is 9.71. The minimum atomic E-state index is -0.343. The summed E-state index contributed by atoms with van der Waals surface area (Å²) in [7, 11) is 1.53. The van der Waals surface area contributed by atoms with Gasteiger partial charge in [-0.15, -0.1) is 0 Å². The average molecular weight is 413 g/mol. The number of rotatable bonds is 7. The molecule has 0 aliphatic heterocycles. The van der Waals surface area contributed by atoms with E-state index in [1.165, 1.54) is 25.5 Å². The third-order valence-electron chi connectivity index (χ3n) is 3.98. The highest BCUT2D eigenvalue weighted by Crippen LogP contribution is 2.28. The molecule has 0 aromatic heterocycles. The predicted octanol–water partition coefficient (Wildman–Crippen LogP) is 4.83. The monoisotopic (exact) mass is 412 g/mol. The van der Waals surface area contributed by atoms with E-state index in [4.69, 9.17) is 21.1 Å². The fraction of sp³-hybridized carbons (Fsp3) is 0.0909. The van der Waals surface area contributed by atoms with E-state index in [1.54, 1.807) is 54.6 Å². The molecule has 0 bridgehead atoms. The zero-order valence-corrected chi connectivity index (χ0v) is 16.3. The van der Waals surface area contributed by atoms with Crippen molar-refractivity contribution in [2.45, 2.75) is 6.61 Å². The molecule has 0 radical (unpaired) electrons. The summed E-state index contributed by atoms with van der Waals surface area (Å²) in [5, 5.41) is 4.51. The van der Waals surface area contributed by atoms with Crippen LogP contribution in [0.3, 0.4) is 0 Å². The smallest absolute Gasteiger partial charge is 0.271 e. The molecule has 3 aromatic rings. The van der Waals surface area contributed by atoms with Crippen LogP contribution in [0.25, 0.3) is 0 Å². The van der Waals surface area contributed by atoms with E-state index >= 15 is 0 Å². The summed E-state index contributed by atoms with van der Waals surface area (Å²) in [6.07, 6.45) is 1.50. The largest absolute Gasteiger partial charge is 0.493 e. The third-order valence-corrected chi connectivity index (χ3v) is 4.23. The second-order valence-electron chi connectivity index (χ2n) is 6.03. The van der Waals surface area contributed by atoms with Gasteiger partial charge in [-0.3, -0.25) is 4.79 Å². The lowest BCUT2D eigenvalue weighted by atomic mass is 10.2. The number of hydrogen-bond acceptors (Lipinski definition) is 4. The van der Waals surface area contributed by atoms with Crippen molar-refractivity contribution < 1.29 is 18.7 Å². The molecule has 0 heterocycles. The highest BCUT2D eigenvalue weighted by molar-refractivity contribution is 6.30. The van der Waals surface area contributed by atoms with Crippen molar-refractivity contribution in [1.82, 2.24) is 5.43 Å². The van der Waals surface area contributed by atoms with Gasteiger partial charge < -0.3 is 9.47 Å². The zero-order valence-electron chi connectivity index (χ0n) is 15.6. The number of benzene rings is 3. The maximum atomic E-state index is 13.0. The molecule has 7 heteroatoms. The third kappa shape index (κ3) is 5.80. The molecule has 3 rings (SSSR count). The topological polar surface area (TPSA) is 59.9 Å². The van der Waals surface area contributed by atoms with Crippen molar-refractivity contribution in [3.8, 4) is 11.5 Å². The highest BCUT2D eigenvalue weighted by atomic mass is 35.5. The van der Waals surface area contributed by atoms with Crippen LogP contribution in [-0.4, -0.2) is 19.2 Å². The molecule has 0 aliphatic carbocycles. The van der Waals surface area contributed by atoms with E-state index in [0.29, 0.717) is 27.6 Å². The molecule has 0 saturated heterocycles. The average Bonchev–Trinajstić information content (AvgIpc) is 2.74. The van der Waals surface area contributed by atoms with Crippen LogP contribution in [0.5, 0.6) is 11.5 Å². The highest BCUT2D eigenvalue weighted by Gasteiger charge is 2.07. The van der Waals surface area contributed by atoms with Crippen molar-refractivity contribution in [1.29, 1.82) is 0 Å². The minimum Gasteiger partial charge on any atom is -0.493 e. The van der Waals surface area contributed by atoms with Gasteiger partial charge in [-0.2, -0.15) is 5.10 Å². The standard InChI is InChI=1S/C22H18ClFN2O3/c1-28-21-12-16(13-25-26-22(27)17-5-7-18(23)8-6-17)4-11-20(21)29-14-15-2-9-19(24)10-3-15/h2-13H,14H2,1H3,(H,26,27)/b25-13-. The number of methoxy groups -OCH3 is 1. The van der Waals surface area contributed by atoms with Gasteiger partial charge in [-0.25, -0.2) is 9.82 Å². The van der Waals surface area contributed by atoms with Crippen LogP contribution < -0.4 is 14.9 Å².